The molecular weight excluding hydrogens is 413 g/mol. The van der Waals surface area contributed by atoms with Crippen LogP contribution in [0.2, 0.25) is 5.02 Å². The first-order chi connectivity index (χ1) is 13.6. The highest BCUT2D eigenvalue weighted by atomic mass is 35.5. The van der Waals surface area contributed by atoms with E-state index in [1.807, 2.05) is 24.3 Å². The van der Waals surface area contributed by atoms with Gasteiger partial charge in [-0.3, -0.25) is 4.79 Å². The maximum Gasteiger partial charge on any atom is 0.193 e. The molecule has 2 aromatic carbocycles. The minimum atomic E-state index is -0.382. The van der Waals surface area contributed by atoms with Crippen LogP contribution >= 0.6 is 24.0 Å². The number of rotatable bonds is 6. The summed E-state index contributed by atoms with van der Waals surface area (Å²) in [5.41, 5.74) is 2.27. The minimum absolute atomic E-state index is 0. The lowest BCUT2D eigenvalue weighted by Gasteiger charge is -2.20. The van der Waals surface area contributed by atoms with Crippen LogP contribution in [0.15, 0.2) is 42.5 Å². The molecule has 0 atom stereocenters. The summed E-state index contributed by atoms with van der Waals surface area (Å²) in [5.74, 6) is 0.196. The van der Waals surface area contributed by atoms with Crippen LogP contribution < -0.4 is 14.8 Å². The fraction of sp³-hybridized carbons (Fsp3) is 0.227. The number of hydrogen-bond acceptors (Lipinski definition) is 5. The Morgan fingerprint density at radius 2 is 1.93 bits per heavy atom. The van der Waals surface area contributed by atoms with Gasteiger partial charge < -0.3 is 19.9 Å². The van der Waals surface area contributed by atoms with Crippen LogP contribution in [0.25, 0.3) is 11.6 Å². The summed E-state index contributed by atoms with van der Waals surface area (Å²) in [5, 5.41) is 14.8. The number of ketones is 1. The molecule has 0 saturated heterocycles. The summed E-state index contributed by atoms with van der Waals surface area (Å²) in [6, 6.07) is 8.85. The molecule has 154 valence electrons. The van der Waals surface area contributed by atoms with Gasteiger partial charge in [-0.05, 0) is 42.3 Å². The second kappa shape index (κ2) is 10.3. The number of benzene rings is 2. The Labute approximate surface area is 181 Å². The second-order valence-corrected chi connectivity index (χ2v) is 6.69. The molecule has 0 fully saturated rings. The zero-order valence-corrected chi connectivity index (χ0v) is 17.8. The zero-order valence-electron chi connectivity index (χ0n) is 16.2. The molecule has 0 spiro atoms. The lowest BCUT2D eigenvalue weighted by atomic mass is 9.93. The van der Waals surface area contributed by atoms with Gasteiger partial charge in [-0.1, -0.05) is 35.9 Å². The highest BCUT2D eigenvalue weighted by Crippen LogP contribution is 2.43. The van der Waals surface area contributed by atoms with E-state index >= 15 is 0 Å². The number of phenolic OH excluding ortho intramolecular Hbond substituents is 1. The third-order valence-electron chi connectivity index (χ3n) is 4.62. The van der Waals surface area contributed by atoms with Crippen molar-refractivity contribution in [2.75, 3.05) is 27.3 Å². The Morgan fingerprint density at radius 1 is 1.21 bits per heavy atom. The van der Waals surface area contributed by atoms with Crippen molar-refractivity contribution >= 4 is 41.4 Å². The van der Waals surface area contributed by atoms with E-state index in [-0.39, 0.29) is 35.3 Å². The van der Waals surface area contributed by atoms with Crippen molar-refractivity contribution in [3.63, 3.8) is 0 Å². The molecule has 0 saturated carbocycles. The summed E-state index contributed by atoms with van der Waals surface area (Å²) in [7, 11) is 2.98. The van der Waals surface area contributed by atoms with Gasteiger partial charge >= 0.3 is 0 Å². The van der Waals surface area contributed by atoms with Gasteiger partial charge in [-0.2, -0.15) is 0 Å². The van der Waals surface area contributed by atoms with Crippen LogP contribution in [0, 0.1) is 0 Å². The van der Waals surface area contributed by atoms with Gasteiger partial charge in [-0.15, -0.1) is 12.4 Å². The average molecular weight is 436 g/mol. The third-order valence-corrected chi connectivity index (χ3v) is 4.96. The largest absolute Gasteiger partial charge is 0.506 e. The number of nitrogens with one attached hydrogen (secondary N) is 1. The molecule has 0 radical (unpaired) electrons. The topological polar surface area (TPSA) is 67.8 Å². The first-order valence-electron chi connectivity index (χ1n) is 8.91. The van der Waals surface area contributed by atoms with Crippen molar-refractivity contribution in [1.82, 2.24) is 5.32 Å². The maximum atomic E-state index is 12.9. The van der Waals surface area contributed by atoms with E-state index in [0.717, 1.165) is 18.5 Å². The Balaban J connectivity index is 0.00000300. The summed E-state index contributed by atoms with van der Waals surface area (Å²) in [4.78, 5) is 12.9. The van der Waals surface area contributed by atoms with Crippen LogP contribution in [0.4, 0.5) is 0 Å². The monoisotopic (exact) mass is 435 g/mol. The predicted molar refractivity (Wildman–Crippen MR) is 119 cm³/mol. The predicted octanol–water partition coefficient (Wildman–Crippen LogP) is 4.76. The van der Waals surface area contributed by atoms with Crippen LogP contribution in [-0.2, 0) is 0 Å². The molecule has 0 aromatic heterocycles. The van der Waals surface area contributed by atoms with Crippen molar-refractivity contribution in [3.05, 3.63) is 64.2 Å². The van der Waals surface area contributed by atoms with Crippen molar-refractivity contribution in [2.24, 2.45) is 0 Å². The van der Waals surface area contributed by atoms with Gasteiger partial charge in [0, 0.05) is 17.6 Å². The number of phenols is 1. The van der Waals surface area contributed by atoms with Crippen LogP contribution in [0.1, 0.15) is 27.9 Å². The fourth-order valence-corrected chi connectivity index (χ4v) is 3.40. The number of carbonyl (C=O) groups is 1. The number of ether oxygens (including phenoxy) is 2. The molecule has 5 nitrogen and oxygen atoms in total. The highest BCUT2D eigenvalue weighted by Gasteiger charge is 2.25. The quantitative estimate of drug-likeness (QED) is 0.505. The number of methoxy groups -OCH3 is 2. The van der Waals surface area contributed by atoms with E-state index in [4.69, 9.17) is 21.1 Å². The van der Waals surface area contributed by atoms with Crippen molar-refractivity contribution in [1.29, 1.82) is 0 Å². The average Bonchev–Trinajstić information content (AvgIpc) is 2.72. The molecule has 0 aliphatic carbocycles. The third kappa shape index (κ3) is 4.93. The lowest BCUT2D eigenvalue weighted by molar-refractivity contribution is 0.104. The van der Waals surface area contributed by atoms with E-state index in [0.29, 0.717) is 28.4 Å². The van der Waals surface area contributed by atoms with Crippen LogP contribution in [0.5, 0.6) is 17.2 Å². The van der Waals surface area contributed by atoms with Crippen LogP contribution in [0.3, 0.4) is 0 Å². The van der Waals surface area contributed by atoms with E-state index < -0.39 is 0 Å². The Bertz CT molecular complexity index is 954. The lowest BCUT2D eigenvalue weighted by Crippen LogP contribution is -2.20. The number of hydrogen-bond donors (Lipinski definition) is 2. The number of allylic oxidation sites excluding steroid dienone is 1. The molecule has 0 unspecified atom stereocenters. The van der Waals surface area contributed by atoms with Gasteiger partial charge in [-0.25, -0.2) is 0 Å². The molecule has 0 bridgehead atoms. The molecular formula is C22H23Cl2NO4. The molecule has 2 aromatic rings. The number of carbonyl (C=O) groups excluding carboxylic acids is 1. The van der Waals surface area contributed by atoms with Gasteiger partial charge in [0.25, 0.3) is 0 Å². The first-order valence-corrected chi connectivity index (χ1v) is 9.29. The summed E-state index contributed by atoms with van der Waals surface area (Å²) in [6.45, 7) is 1.48. The molecule has 1 heterocycles. The van der Waals surface area contributed by atoms with E-state index in [1.54, 1.807) is 18.2 Å². The van der Waals surface area contributed by atoms with E-state index in [9.17, 15) is 9.90 Å². The molecule has 0 amide bonds. The zero-order chi connectivity index (χ0) is 20.1. The van der Waals surface area contributed by atoms with Crippen molar-refractivity contribution in [2.45, 2.75) is 6.42 Å². The standard InChI is InChI=1S/C22H22ClNO4.ClH/c1-27-18-13-19(28-2)21(22(26)20(18)15-9-11-24-12-10-15)17(25)8-7-14-5-3-4-6-16(14)23;/h3-9,13,24,26H,10-12H2,1-2H3;1H/b8-7+;. The molecule has 2 N–H and O–H groups in total. The highest BCUT2D eigenvalue weighted by molar-refractivity contribution is 6.32. The second-order valence-electron chi connectivity index (χ2n) is 6.28. The van der Waals surface area contributed by atoms with Crippen molar-refractivity contribution < 1.29 is 19.4 Å². The summed E-state index contributed by atoms with van der Waals surface area (Å²) < 4.78 is 10.8. The maximum absolute atomic E-state index is 12.9. The molecule has 3 rings (SSSR count). The van der Waals surface area contributed by atoms with E-state index in [1.165, 1.54) is 20.3 Å². The summed E-state index contributed by atoms with van der Waals surface area (Å²) >= 11 is 6.14. The van der Waals surface area contributed by atoms with Crippen LogP contribution in [-0.4, -0.2) is 38.2 Å². The smallest absolute Gasteiger partial charge is 0.193 e. The van der Waals surface area contributed by atoms with Gasteiger partial charge in [0.2, 0.25) is 0 Å². The Morgan fingerprint density at radius 3 is 2.55 bits per heavy atom. The number of halogens is 2. The molecule has 1 aliphatic heterocycles. The van der Waals surface area contributed by atoms with E-state index in [2.05, 4.69) is 5.32 Å². The van der Waals surface area contributed by atoms with Gasteiger partial charge in [0.05, 0.1) is 19.8 Å². The number of aromatic hydroxyl groups is 1. The Kier molecular flexibility index (Phi) is 8.14. The molecule has 1 aliphatic rings. The minimum Gasteiger partial charge on any atom is -0.506 e. The molecule has 7 heteroatoms. The molecule has 29 heavy (non-hydrogen) atoms. The first kappa shape index (κ1) is 22.8. The summed E-state index contributed by atoms with van der Waals surface area (Å²) in [6.07, 6.45) is 5.71. The Hall–Kier alpha value is -2.47. The van der Waals surface area contributed by atoms with Gasteiger partial charge in [0.1, 0.15) is 22.8 Å². The normalized spacial score (nSPS) is 13.6. The SMILES string of the molecule is COc1cc(OC)c(C2=CCNCC2)c(O)c1C(=O)/C=C/c1ccccc1Cl.Cl. The van der Waals surface area contributed by atoms with Gasteiger partial charge in [0.15, 0.2) is 5.78 Å². The van der Waals surface area contributed by atoms with Crippen molar-refractivity contribution in [3.8, 4) is 17.2 Å². The fourth-order valence-electron chi connectivity index (χ4n) is 3.20.